The molecule has 0 fully saturated rings. The van der Waals surface area contributed by atoms with Crippen LogP contribution in [0.1, 0.15) is 13.8 Å². The highest BCUT2D eigenvalue weighted by molar-refractivity contribution is 5.85. The molecular formula is C21H27N3O4. The first-order valence-electron chi connectivity index (χ1n) is 9.34. The number of nitrogens with one attached hydrogen (secondary N) is 2. The number of anilines is 2. The second-order valence-corrected chi connectivity index (χ2v) is 6.09. The molecule has 0 heterocycles. The quantitative estimate of drug-likeness (QED) is 0.676. The largest absolute Gasteiger partial charge is 0.445 e. The number of hydrogen-bond acceptors (Lipinski definition) is 5. The molecule has 2 aromatic carbocycles. The molecule has 0 spiro atoms. The van der Waals surface area contributed by atoms with Crippen LogP contribution in [-0.4, -0.2) is 49.4 Å². The van der Waals surface area contributed by atoms with Crippen LogP contribution in [0.15, 0.2) is 60.7 Å². The first kappa shape index (κ1) is 21.2. The Labute approximate surface area is 165 Å². The maximum Gasteiger partial charge on any atom is 0.412 e. The van der Waals surface area contributed by atoms with E-state index in [2.05, 4.69) is 15.5 Å². The summed E-state index contributed by atoms with van der Waals surface area (Å²) in [6.45, 7) is 6.06. The Balaban J connectivity index is 1.90. The zero-order chi connectivity index (χ0) is 20.2. The van der Waals surface area contributed by atoms with Gasteiger partial charge in [-0.15, -0.1) is 0 Å². The van der Waals surface area contributed by atoms with Crippen LogP contribution in [-0.2, 0) is 9.47 Å². The van der Waals surface area contributed by atoms with Crippen LogP contribution in [0.4, 0.5) is 21.0 Å². The second-order valence-electron chi connectivity index (χ2n) is 6.09. The molecule has 0 aliphatic carbocycles. The van der Waals surface area contributed by atoms with E-state index >= 15 is 0 Å². The molecule has 1 unspecified atom stereocenters. The van der Waals surface area contributed by atoms with Crippen LogP contribution in [0.3, 0.4) is 0 Å². The van der Waals surface area contributed by atoms with E-state index in [1.807, 2.05) is 50.2 Å². The van der Waals surface area contributed by atoms with Crippen LogP contribution in [0, 0.1) is 0 Å². The molecule has 2 rings (SSSR count). The predicted molar refractivity (Wildman–Crippen MR) is 110 cm³/mol. The smallest absolute Gasteiger partial charge is 0.412 e. The van der Waals surface area contributed by atoms with Gasteiger partial charge in [-0.3, -0.25) is 10.6 Å². The number of likely N-dealkylation sites (N-methyl/N-ethyl adjacent to an activating group) is 1. The summed E-state index contributed by atoms with van der Waals surface area (Å²) in [4.78, 5) is 26.3. The van der Waals surface area contributed by atoms with Crippen molar-refractivity contribution in [2.75, 3.05) is 36.9 Å². The van der Waals surface area contributed by atoms with Crippen molar-refractivity contribution < 1.29 is 19.1 Å². The van der Waals surface area contributed by atoms with E-state index in [1.165, 1.54) is 0 Å². The Kier molecular flexibility index (Phi) is 8.81. The summed E-state index contributed by atoms with van der Waals surface area (Å²) in [5.41, 5.74) is 1.27. The molecule has 0 radical (unpaired) electrons. The van der Waals surface area contributed by atoms with Gasteiger partial charge >= 0.3 is 12.2 Å². The van der Waals surface area contributed by atoms with E-state index < -0.39 is 18.3 Å². The van der Waals surface area contributed by atoms with E-state index in [0.717, 1.165) is 13.1 Å². The van der Waals surface area contributed by atoms with Crippen molar-refractivity contribution in [1.82, 2.24) is 4.90 Å². The number of carbonyl (C=O) groups excluding carboxylic acids is 2. The van der Waals surface area contributed by atoms with Gasteiger partial charge in [0.2, 0.25) is 0 Å². The zero-order valence-corrected chi connectivity index (χ0v) is 16.3. The molecule has 0 bridgehead atoms. The van der Waals surface area contributed by atoms with Crippen LogP contribution in [0.2, 0.25) is 0 Å². The van der Waals surface area contributed by atoms with E-state index in [1.54, 1.807) is 24.3 Å². The number of para-hydroxylation sites is 2. The van der Waals surface area contributed by atoms with Crippen molar-refractivity contribution >= 4 is 23.6 Å². The van der Waals surface area contributed by atoms with E-state index in [0.29, 0.717) is 17.9 Å². The van der Waals surface area contributed by atoms with Crippen molar-refractivity contribution in [1.29, 1.82) is 0 Å². The molecule has 7 nitrogen and oxygen atoms in total. The van der Waals surface area contributed by atoms with Crippen molar-refractivity contribution in [2.45, 2.75) is 20.0 Å². The molecule has 28 heavy (non-hydrogen) atoms. The Morgan fingerprint density at radius 2 is 1.36 bits per heavy atom. The van der Waals surface area contributed by atoms with Gasteiger partial charge in [0.15, 0.2) is 6.10 Å². The van der Waals surface area contributed by atoms with Gasteiger partial charge in [-0.25, -0.2) is 9.59 Å². The molecule has 2 aromatic rings. The van der Waals surface area contributed by atoms with Gasteiger partial charge in [-0.1, -0.05) is 50.2 Å². The minimum Gasteiger partial charge on any atom is -0.445 e. The number of amides is 2. The van der Waals surface area contributed by atoms with Crippen LogP contribution >= 0.6 is 0 Å². The highest BCUT2D eigenvalue weighted by Gasteiger charge is 2.20. The number of benzene rings is 2. The average molecular weight is 385 g/mol. The first-order chi connectivity index (χ1) is 13.6. The van der Waals surface area contributed by atoms with E-state index in [-0.39, 0.29) is 6.61 Å². The molecule has 0 saturated carbocycles. The first-order valence-corrected chi connectivity index (χ1v) is 9.34. The number of carbonyl (C=O) groups is 2. The minimum absolute atomic E-state index is 0.0443. The SMILES string of the molecule is CCN(CC)CC(COC(=O)Nc1ccccc1)OC(=O)Nc1ccccc1. The van der Waals surface area contributed by atoms with Gasteiger partial charge in [-0.2, -0.15) is 0 Å². The van der Waals surface area contributed by atoms with Crippen molar-refractivity contribution in [3.05, 3.63) is 60.7 Å². The molecule has 0 saturated heterocycles. The maximum atomic E-state index is 12.2. The summed E-state index contributed by atoms with van der Waals surface area (Å²) in [5.74, 6) is 0. The topological polar surface area (TPSA) is 79.9 Å². The Bertz CT molecular complexity index is 721. The lowest BCUT2D eigenvalue weighted by molar-refractivity contribution is 0.0354. The molecule has 2 N–H and O–H groups in total. The molecule has 150 valence electrons. The van der Waals surface area contributed by atoms with Gasteiger partial charge < -0.3 is 14.4 Å². The monoisotopic (exact) mass is 385 g/mol. The fourth-order valence-corrected chi connectivity index (χ4v) is 2.56. The molecule has 1 atom stereocenters. The summed E-state index contributed by atoms with van der Waals surface area (Å²) in [6.07, 6.45) is -1.77. The van der Waals surface area contributed by atoms with Gasteiger partial charge in [0.1, 0.15) is 6.61 Å². The zero-order valence-electron chi connectivity index (χ0n) is 16.3. The number of ether oxygens (including phenoxy) is 2. The highest BCUT2D eigenvalue weighted by Crippen LogP contribution is 2.09. The normalized spacial score (nSPS) is 11.5. The number of nitrogens with zero attached hydrogens (tertiary/aromatic N) is 1. The third kappa shape index (κ3) is 7.67. The third-order valence-corrected chi connectivity index (χ3v) is 4.07. The number of hydrogen-bond donors (Lipinski definition) is 2. The lowest BCUT2D eigenvalue weighted by Crippen LogP contribution is -2.39. The van der Waals surface area contributed by atoms with E-state index in [4.69, 9.17) is 9.47 Å². The van der Waals surface area contributed by atoms with Crippen molar-refractivity contribution in [3.63, 3.8) is 0 Å². The third-order valence-electron chi connectivity index (χ3n) is 4.07. The van der Waals surface area contributed by atoms with Gasteiger partial charge in [0, 0.05) is 17.9 Å². The van der Waals surface area contributed by atoms with Gasteiger partial charge in [0.05, 0.1) is 0 Å². The number of rotatable bonds is 9. The standard InChI is InChI=1S/C21H27N3O4/c1-3-24(4-2)15-19(28-21(26)23-18-13-9-6-10-14-18)16-27-20(25)22-17-11-7-5-8-12-17/h5-14,19H,3-4,15-16H2,1-2H3,(H,22,25)(H,23,26). The lowest BCUT2D eigenvalue weighted by atomic mass is 10.3. The summed E-state index contributed by atoms with van der Waals surface area (Å²) in [5, 5.41) is 5.31. The minimum atomic E-state index is -0.595. The van der Waals surface area contributed by atoms with Gasteiger partial charge in [-0.05, 0) is 37.4 Å². The molecule has 7 heteroatoms. The van der Waals surface area contributed by atoms with Crippen molar-refractivity contribution in [3.8, 4) is 0 Å². The Morgan fingerprint density at radius 1 is 0.857 bits per heavy atom. The fourth-order valence-electron chi connectivity index (χ4n) is 2.56. The predicted octanol–water partition coefficient (Wildman–Crippen LogP) is 4.19. The Morgan fingerprint density at radius 3 is 1.86 bits per heavy atom. The van der Waals surface area contributed by atoms with Crippen LogP contribution < -0.4 is 10.6 Å². The maximum absolute atomic E-state index is 12.2. The lowest BCUT2D eigenvalue weighted by Gasteiger charge is -2.25. The summed E-state index contributed by atoms with van der Waals surface area (Å²) < 4.78 is 10.8. The van der Waals surface area contributed by atoms with Crippen LogP contribution in [0.25, 0.3) is 0 Å². The molecule has 0 aliphatic rings. The fraction of sp³-hybridized carbons (Fsp3) is 0.333. The highest BCUT2D eigenvalue weighted by atomic mass is 16.6. The average Bonchev–Trinajstić information content (AvgIpc) is 2.71. The van der Waals surface area contributed by atoms with E-state index in [9.17, 15) is 9.59 Å². The molecule has 0 aliphatic heterocycles. The molecule has 2 amide bonds. The van der Waals surface area contributed by atoms with Crippen LogP contribution in [0.5, 0.6) is 0 Å². The van der Waals surface area contributed by atoms with Crippen molar-refractivity contribution in [2.24, 2.45) is 0 Å². The summed E-state index contributed by atoms with van der Waals surface area (Å²) >= 11 is 0. The van der Waals surface area contributed by atoms with Gasteiger partial charge in [0.25, 0.3) is 0 Å². The molecular weight excluding hydrogens is 358 g/mol. The second kappa shape index (κ2) is 11.6. The molecule has 0 aromatic heterocycles. The summed E-state index contributed by atoms with van der Waals surface area (Å²) in [7, 11) is 0. The summed E-state index contributed by atoms with van der Waals surface area (Å²) in [6, 6.07) is 18.0. The Hall–Kier alpha value is -3.06.